The van der Waals surface area contributed by atoms with Crippen LogP contribution < -0.4 is 38.1 Å². The highest BCUT2D eigenvalue weighted by Gasteiger charge is 2.13. The first kappa shape index (κ1) is 52.1. The number of para-hydroxylation sites is 4. The molecule has 3 heterocycles. The molecule has 388 valence electrons. The fraction of sp³-hybridized carbons (Fsp3) is 0.167. The molecular formula is C54H56N16O6. The zero-order valence-electron chi connectivity index (χ0n) is 41.0. The van der Waals surface area contributed by atoms with Gasteiger partial charge < -0.3 is 68.7 Å². The number of nitrogens with one attached hydrogen (secondary N) is 5. The zero-order chi connectivity index (χ0) is 53.2. The van der Waals surface area contributed by atoms with Crippen molar-refractivity contribution in [2.45, 2.75) is 58.4 Å². The molecule has 0 atom stereocenters. The summed E-state index contributed by atoms with van der Waals surface area (Å²) in [7, 11) is 0. The van der Waals surface area contributed by atoms with Gasteiger partial charge in [0.05, 0.1) is 0 Å². The van der Waals surface area contributed by atoms with Gasteiger partial charge in [-0.25, -0.2) is 4.98 Å². The number of rotatable bonds is 21. The standard InChI is InChI=1S/C30H32N10O3.C24H24N6O3/c31-27-36-25(13-8-18-5-10-22(41)11-6-18)35-26(37-27)14-9-19-7-12-24(43)21(15-19)17-34-30-39-28(32)38-29(40-30)33-16-20-3-1-2-4-23(20)42;31-19-10-4-1-7-16(19)13-25-22-28-23(26-14-17-8-2-5-11-20(17)32)30-24(29-22)27-15-18-9-3-6-12-21(18)33/h1-7,10-12,15,41-43H,8-9,13-14,16-17H2,(H2,31,35,36,37)(H4,32,33,34,38,39,40);1-12,31-33H,13-15H2,(H3,25,26,27,28,29,30). The number of aromatic nitrogens is 9. The van der Waals surface area contributed by atoms with Crippen molar-refractivity contribution in [2.75, 3.05) is 38.1 Å². The van der Waals surface area contributed by atoms with Crippen LogP contribution in [0.15, 0.2) is 140 Å². The fourth-order valence-corrected chi connectivity index (χ4v) is 7.50. The van der Waals surface area contributed by atoms with E-state index in [1.54, 1.807) is 91.0 Å². The number of nitrogens with zero attached hydrogens (tertiary/aromatic N) is 9. The van der Waals surface area contributed by atoms with Gasteiger partial charge in [0.25, 0.3) is 0 Å². The molecule has 0 saturated heterocycles. The van der Waals surface area contributed by atoms with Gasteiger partial charge >= 0.3 is 0 Å². The summed E-state index contributed by atoms with van der Waals surface area (Å²) in [5.74, 6) is 3.81. The molecule has 9 aromatic rings. The van der Waals surface area contributed by atoms with Crippen LogP contribution >= 0.6 is 0 Å². The lowest BCUT2D eigenvalue weighted by Gasteiger charge is -2.12. The number of phenols is 6. The van der Waals surface area contributed by atoms with E-state index in [1.165, 1.54) is 0 Å². The van der Waals surface area contributed by atoms with E-state index >= 15 is 0 Å². The van der Waals surface area contributed by atoms with E-state index in [-0.39, 0.29) is 64.8 Å². The normalized spacial score (nSPS) is 10.7. The summed E-state index contributed by atoms with van der Waals surface area (Å²) in [5, 5.41) is 75.4. The van der Waals surface area contributed by atoms with Crippen molar-refractivity contribution < 1.29 is 30.6 Å². The van der Waals surface area contributed by atoms with Gasteiger partial charge in [0, 0.05) is 73.4 Å². The summed E-state index contributed by atoms with van der Waals surface area (Å²) >= 11 is 0. The Bertz CT molecular complexity index is 3210. The minimum absolute atomic E-state index is 0.0225. The van der Waals surface area contributed by atoms with E-state index in [4.69, 9.17) is 11.5 Å². The predicted octanol–water partition coefficient (Wildman–Crippen LogP) is 6.96. The smallest absolute Gasteiger partial charge is 0.229 e. The van der Waals surface area contributed by atoms with Gasteiger partial charge in [-0.1, -0.05) is 97.1 Å². The Labute approximate surface area is 436 Å². The Kier molecular flexibility index (Phi) is 17.4. The van der Waals surface area contributed by atoms with Gasteiger partial charge in [-0.15, -0.1) is 0 Å². The number of hydrogen-bond donors (Lipinski definition) is 13. The number of anilines is 7. The second kappa shape index (κ2) is 25.4. The monoisotopic (exact) mass is 1020 g/mol. The molecule has 0 aliphatic rings. The van der Waals surface area contributed by atoms with Crippen molar-refractivity contribution in [3.05, 3.63) is 190 Å². The molecule has 0 amide bonds. The summed E-state index contributed by atoms with van der Waals surface area (Å²) in [6.45, 7) is 1.48. The van der Waals surface area contributed by atoms with Crippen LogP contribution in [0.3, 0.4) is 0 Å². The lowest BCUT2D eigenvalue weighted by Crippen LogP contribution is -2.12. The van der Waals surface area contributed by atoms with Gasteiger partial charge in [0.2, 0.25) is 41.6 Å². The highest BCUT2D eigenvalue weighted by molar-refractivity contribution is 5.47. The first-order valence-corrected chi connectivity index (χ1v) is 24.0. The molecule has 22 heteroatoms. The van der Waals surface area contributed by atoms with Crippen LogP contribution in [0.5, 0.6) is 34.5 Å². The first-order valence-electron chi connectivity index (χ1n) is 24.0. The number of hydrogen-bond acceptors (Lipinski definition) is 22. The molecule has 9 rings (SSSR count). The molecule has 3 aromatic heterocycles. The number of nitrogen functional groups attached to an aromatic ring is 2. The maximum Gasteiger partial charge on any atom is 0.229 e. The van der Waals surface area contributed by atoms with Crippen molar-refractivity contribution in [2.24, 2.45) is 0 Å². The van der Waals surface area contributed by atoms with E-state index < -0.39 is 0 Å². The number of nitrogens with two attached hydrogens (primary N) is 2. The van der Waals surface area contributed by atoms with Gasteiger partial charge in [-0.2, -0.15) is 39.9 Å². The van der Waals surface area contributed by atoms with Gasteiger partial charge in [0.1, 0.15) is 46.1 Å². The Hall–Kier alpha value is -10.3. The number of aromatic hydroxyl groups is 6. The summed E-state index contributed by atoms with van der Waals surface area (Å²) in [5.41, 5.74) is 17.3. The van der Waals surface area contributed by atoms with Gasteiger partial charge in [-0.3, -0.25) is 0 Å². The molecular weight excluding hydrogens is 969 g/mol. The Morgan fingerprint density at radius 3 is 1.01 bits per heavy atom. The third kappa shape index (κ3) is 15.4. The number of aryl methyl sites for hydroxylation is 4. The maximum absolute atomic E-state index is 10.5. The summed E-state index contributed by atoms with van der Waals surface area (Å²) in [4.78, 5) is 38.9. The molecule has 0 spiro atoms. The maximum atomic E-state index is 10.5. The van der Waals surface area contributed by atoms with Crippen molar-refractivity contribution in [1.82, 2.24) is 44.9 Å². The van der Waals surface area contributed by atoms with Gasteiger partial charge in [0.15, 0.2) is 0 Å². The molecule has 22 nitrogen and oxygen atoms in total. The summed E-state index contributed by atoms with van der Waals surface area (Å²) < 4.78 is 0. The van der Waals surface area contributed by atoms with Crippen molar-refractivity contribution in [3.8, 4) is 34.5 Å². The first-order chi connectivity index (χ1) is 36.9. The van der Waals surface area contributed by atoms with E-state index in [2.05, 4.69) is 71.4 Å². The topological polar surface area (TPSA) is 350 Å². The largest absolute Gasteiger partial charge is 0.508 e. The van der Waals surface area contributed by atoms with Crippen molar-refractivity contribution in [3.63, 3.8) is 0 Å². The summed E-state index contributed by atoms with van der Waals surface area (Å²) in [6.07, 6.45) is 2.45. The second-order valence-corrected chi connectivity index (χ2v) is 17.1. The van der Waals surface area contributed by atoms with Crippen molar-refractivity contribution >= 4 is 41.6 Å². The van der Waals surface area contributed by atoms with E-state index in [9.17, 15) is 30.6 Å². The lowest BCUT2D eigenvalue weighted by atomic mass is 10.0. The summed E-state index contributed by atoms with van der Waals surface area (Å²) in [6, 6.07) is 40.4. The second-order valence-electron chi connectivity index (χ2n) is 17.1. The number of benzene rings is 6. The van der Waals surface area contributed by atoms with E-state index in [0.717, 1.165) is 11.1 Å². The SMILES string of the molecule is Nc1nc(CCc2ccc(O)cc2)nc(CCc2ccc(O)c(CNc3nc(N)nc(NCc4ccccc4O)n3)c2)n1.Oc1ccccc1CNc1nc(NCc2ccccc2O)nc(NCc2ccccc2O)n1. The molecule has 76 heavy (non-hydrogen) atoms. The van der Waals surface area contributed by atoms with Crippen LogP contribution in [0, 0.1) is 0 Å². The van der Waals surface area contributed by atoms with Crippen LogP contribution in [0.1, 0.15) is 50.6 Å². The average molecular weight is 1030 g/mol. The zero-order valence-corrected chi connectivity index (χ0v) is 41.0. The third-order valence-electron chi connectivity index (χ3n) is 11.5. The van der Waals surface area contributed by atoms with E-state index in [0.29, 0.717) is 109 Å². The quantitative estimate of drug-likeness (QED) is 0.0346. The molecule has 0 aliphatic heterocycles. The van der Waals surface area contributed by atoms with Crippen LogP contribution in [0.2, 0.25) is 0 Å². The average Bonchev–Trinajstić information content (AvgIpc) is 3.41. The highest BCUT2D eigenvalue weighted by atomic mass is 16.3. The molecule has 0 fully saturated rings. The molecule has 0 saturated carbocycles. The van der Waals surface area contributed by atoms with Crippen LogP contribution in [0.25, 0.3) is 0 Å². The van der Waals surface area contributed by atoms with Crippen LogP contribution in [0.4, 0.5) is 41.6 Å². The molecule has 0 aliphatic carbocycles. The Morgan fingerprint density at radius 1 is 0.303 bits per heavy atom. The number of phenolic OH excluding ortho intramolecular Hbond substituents is 6. The molecule has 0 radical (unpaired) electrons. The third-order valence-corrected chi connectivity index (χ3v) is 11.5. The minimum atomic E-state index is 0.0225. The highest BCUT2D eigenvalue weighted by Crippen LogP contribution is 2.24. The Morgan fingerprint density at radius 2 is 0.618 bits per heavy atom. The fourth-order valence-electron chi connectivity index (χ4n) is 7.50. The minimum Gasteiger partial charge on any atom is -0.508 e. The van der Waals surface area contributed by atoms with Crippen molar-refractivity contribution in [1.29, 1.82) is 0 Å². The molecule has 6 aromatic carbocycles. The predicted molar refractivity (Wildman–Crippen MR) is 288 cm³/mol. The van der Waals surface area contributed by atoms with Crippen LogP contribution in [-0.2, 0) is 58.4 Å². The van der Waals surface area contributed by atoms with Crippen LogP contribution in [-0.4, -0.2) is 75.5 Å². The van der Waals surface area contributed by atoms with E-state index in [1.807, 2.05) is 48.5 Å². The molecule has 0 bridgehead atoms. The molecule has 15 N–H and O–H groups in total. The lowest BCUT2D eigenvalue weighted by molar-refractivity contribution is 0.468. The van der Waals surface area contributed by atoms with Gasteiger partial charge in [-0.05, 0) is 66.4 Å². The molecule has 0 unspecified atom stereocenters. The Balaban J connectivity index is 0.000000209.